The van der Waals surface area contributed by atoms with E-state index in [1.807, 2.05) is 0 Å². The lowest BCUT2D eigenvalue weighted by Crippen LogP contribution is -2.35. The third-order valence-corrected chi connectivity index (χ3v) is 2.80. The van der Waals surface area contributed by atoms with Gasteiger partial charge in [0.2, 0.25) is 0 Å². The van der Waals surface area contributed by atoms with Gasteiger partial charge in [0, 0.05) is 11.9 Å². The van der Waals surface area contributed by atoms with Crippen LogP contribution in [0.4, 0.5) is 10.1 Å². The van der Waals surface area contributed by atoms with Gasteiger partial charge in [-0.15, -0.1) is 0 Å². The third-order valence-electron chi connectivity index (χ3n) is 2.49. The van der Waals surface area contributed by atoms with Gasteiger partial charge in [0.25, 0.3) is 0 Å². The highest BCUT2D eigenvalue weighted by atomic mass is 35.5. The van der Waals surface area contributed by atoms with E-state index in [4.69, 9.17) is 11.6 Å². The number of anilines is 1. The Labute approximate surface area is 119 Å². The Morgan fingerprint density at radius 2 is 2.05 bits per heavy atom. The summed E-state index contributed by atoms with van der Waals surface area (Å²) in [5.41, 5.74) is 0.944. The zero-order valence-corrected chi connectivity index (χ0v) is 11.0. The highest BCUT2D eigenvalue weighted by molar-refractivity contribution is 6.41. The number of hydrogen-bond donors (Lipinski definition) is 3. The van der Waals surface area contributed by atoms with Gasteiger partial charge < -0.3 is 15.6 Å². The molecule has 0 aliphatic heterocycles. The van der Waals surface area contributed by atoms with Gasteiger partial charge in [-0.3, -0.25) is 9.59 Å². The summed E-state index contributed by atoms with van der Waals surface area (Å²) in [5, 5.41) is 4.77. The zero-order valence-electron chi connectivity index (χ0n) is 10.2. The smallest absolute Gasteiger partial charge is 0.313 e. The summed E-state index contributed by atoms with van der Waals surface area (Å²) >= 11 is 5.75. The number of benzene rings is 1. The Morgan fingerprint density at radius 1 is 1.25 bits per heavy atom. The summed E-state index contributed by atoms with van der Waals surface area (Å²) < 4.78 is 12.8. The molecule has 1 aromatic carbocycles. The topological polar surface area (TPSA) is 74.0 Å². The molecule has 104 valence electrons. The summed E-state index contributed by atoms with van der Waals surface area (Å²) in [6.45, 7) is 0.205. The Kier molecular flexibility index (Phi) is 4.37. The van der Waals surface area contributed by atoms with Gasteiger partial charge >= 0.3 is 11.8 Å². The largest absolute Gasteiger partial charge is 0.364 e. The second kappa shape index (κ2) is 6.21. The Bertz CT molecular complexity index is 629. The fourth-order valence-corrected chi connectivity index (χ4v) is 1.72. The molecule has 0 aliphatic carbocycles. The van der Waals surface area contributed by atoms with Gasteiger partial charge in [-0.25, -0.2) is 4.39 Å². The minimum absolute atomic E-state index is 0.0236. The molecule has 0 saturated heterocycles. The lowest BCUT2D eigenvalue weighted by atomic mass is 10.3. The average molecular weight is 296 g/mol. The van der Waals surface area contributed by atoms with Gasteiger partial charge in [0.05, 0.1) is 17.3 Å². The molecule has 0 radical (unpaired) electrons. The molecule has 0 unspecified atom stereocenters. The molecule has 1 aromatic heterocycles. The fraction of sp³-hybridized carbons (Fsp3) is 0.0769. The minimum atomic E-state index is -0.870. The summed E-state index contributed by atoms with van der Waals surface area (Å²) in [5.74, 6) is -2.20. The van der Waals surface area contributed by atoms with Crippen LogP contribution in [0.2, 0.25) is 5.02 Å². The predicted molar refractivity (Wildman–Crippen MR) is 72.7 cm³/mol. The molecule has 0 aliphatic rings. The Balaban J connectivity index is 1.92. The van der Waals surface area contributed by atoms with Crippen LogP contribution in [0.1, 0.15) is 5.69 Å². The molecule has 20 heavy (non-hydrogen) atoms. The van der Waals surface area contributed by atoms with Crippen molar-refractivity contribution in [3.63, 3.8) is 0 Å². The Hall–Kier alpha value is -2.34. The zero-order chi connectivity index (χ0) is 14.5. The van der Waals surface area contributed by atoms with Crippen molar-refractivity contribution in [1.29, 1.82) is 0 Å². The van der Waals surface area contributed by atoms with Crippen LogP contribution in [0.15, 0.2) is 36.5 Å². The Morgan fingerprint density at radius 3 is 2.70 bits per heavy atom. The maximum atomic E-state index is 12.8. The summed E-state index contributed by atoms with van der Waals surface area (Å²) in [6, 6.07) is 7.02. The number of H-pyrrole nitrogens is 1. The number of nitrogens with one attached hydrogen (secondary N) is 3. The van der Waals surface area contributed by atoms with Crippen molar-refractivity contribution in [2.75, 3.05) is 5.32 Å². The van der Waals surface area contributed by atoms with E-state index in [-0.39, 0.29) is 17.3 Å². The van der Waals surface area contributed by atoms with E-state index in [1.54, 1.807) is 18.3 Å². The standard InChI is InChI=1S/C13H11ClFN3O2/c14-10-6-8(15)3-4-11(10)18-13(20)12(19)17-7-9-2-1-5-16-9/h1-6,16H,7H2,(H,17,19)(H,18,20). The van der Waals surface area contributed by atoms with Crippen molar-refractivity contribution in [2.45, 2.75) is 6.54 Å². The number of carbonyl (C=O) groups is 2. The number of aromatic amines is 1. The lowest BCUT2D eigenvalue weighted by Gasteiger charge is -2.07. The van der Waals surface area contributed by atoms with Gasteiger partial charge in [-0.2, -0.15) is 0 Å². The SMILES string of the molecule is O=C(NCc1ccc[nH]1)C(=O)Nc1ccc(F)cc1Cl. The van der Waals surface area contributed by atoms with Crippen LogP contribution < -0.4 is 10.6 Å². The highest BCUT2D eigenvalue weighted by Gasteiger charge is 2.15. The maximum absolute atomic E-state index is 12.8. The first-order valence-corrected chi connectivity index (χ1v) is 6.10. The van der Waals surface area contributed by atoms with E-state index < -0.39 is 17.6 Å². The average Bonchev–Trinajstić information content (AvgIpc) is 2.92. The van der Waals surface area contributed by atoms with Crippen LogP contribution in [0.5, 0.6) is 0 Å². The van der Waals surface area contributed by atoms with E-state index in [0.717, 1.165) is 17.8 Å². The van der Waals surface area contributed by atoms with Crippen molar-refractivity contribution >= 4 is 29.1 Å². The van der Waals surface area contributed by atoms with Crippen molar-refractivity contribution < 1.29 is 14.0 Å². The van der Waals surface area contributed by atoms with Crippen LogP contribution in [-0.4, -0.2) is 16.8 Å². The van der Waals surface area contributed by atoms with Crippen molar-refractivity contribution in [3.05, 3.63) is 53.1 Å². The van der Waals surface area contributed by atoms with Crippen molar-refractivity contribution in [3.8, 4) is 0 Å². The van der Waals surface area contributed by atoms with E-state index in [0.29, 0.717) is 0 Å². The molecule has 7 heteroatoms. The quantitative estimate of drug-likeness (QED) is 0.758. The molecule has 0 spiro atoms. The monoisotopic (exact) mass is 295 g/mol. The summed E-state index contributed by atoms with van der Waals surface area (Å²) in [6.07, 6.45) is 1.71. The molecule has 3 N–H and O–H groups in total. The molecule has 2 rings (SSSR count). The van der Waals surface area contributed by atoms with Crippen LogP contribution in [0.25, 0.3) is 0 Å². The van der Waals surface area contributed by atoms with Crippen LogP contribution in [0.3, 0.4) is 0 Å². The molecule has 0 fully saturated rings. The molecule has 0 bridgehead atoms. The lowest BCUT2D eigenvalue weighted by molar-refractivity contribution is -0.136. The third kappa shape index (κ3) is 3.58. The molecular formula is C13H11ClFN3O2. The normalized spacial score (nSPS) is 10.1. The highest BCUT2D eigenvalue weighted by Crippen LogP contribution is 2.22. The van der Waals surface area contributed by atoms with Crippen molar-refractivity contribution in [1.82, 2.24) is 10.3 Å². The van der Waals surface area contributed by atoms with Gasteiger partial charge in [-0.1, -0.05) is 11.6 Å². The van der Waals surface area contributed by atoms with Crippen LogP contribution in [0, 0.1) is 5.82 Å². The number of amides is 2. The second-order valence-corrected chi connectivity index (χ2v) is 4.36. The van der Waals surface area contributed by atoms with E-state index in [2.05, 4.69) is 15.6 Å². The predicted octanol–water partition coefficient (Wildman–Crippen LogP) is 2.06. The number of rotatable bonds is 3. The van der Waals surface area contributed by atoms with Gasteiger partial charge in [0.1, 0.15) is 5.82 Å². The molecular weight excluding hydrogens is 285 g/mol. The molecule has 2 aromatic rings. The number of hydrogen-bond acceptors (Lipinski definition) is 2. The van der Waals surface area contributed by atoms with E-state index in [1.165, 1.54) is 6.07 Å². The molecule has 2 amide bonds. The minimum Gasteiger partial charge on any atom is -0.364 e. The molecule has 5 nitrogen and oxygen atoms in total. The summed E-state index contributed by atoms with van der Waals surface area (Å²) in [7, 11) is 0. The number of aromatic nitrogens is 1. The van der Waals surface area contributed by atoms with Gasteiger partial charge in [-0.05, 0) is 30.3 Å². The van der Waals surface area contributed by atoms with Crippen LogP contribution >= 0.6 is 11.6 Å². The van der Waals surface area contributed by atoms with Crippen LogP contribution in [-0.2, 0) is 16.1 Å². The molecule has 0 atom stereocenters. The summed E-state index contributed by atoms with van der Waals surface area (Å²) in [4.78, 5) is 26.1. The van der Waals surface area contributed by atoms with Gasteiger partial charge in [0.15, 0.2) is 0 Å². The fourth-order valence-electron chi connectivity index (χ4n) is 1.50. The van der Waals surface area contributed by atoms with Crippen molar-refractivity contribution in [2.24, 2.45) is 0 Å². The first kappa shape index (κ1) is 14.1. The number of carbonyl (C=O) groups excluding carboxylic acids is 2. The van der Waals surface area contributed by atoms with E-state index in [9.17, 15) is 14.0 Å². The first-order chi connectivity index (χ1) is 9.56. The first-order valence-electron chi connectivity index (χ1n) is 5.73. The maximum Gasteiger partial charge on any atom is 0.313 e. The van der Waals surface area contributed by atoms with E-state index >= 15 is 0 Å². The number of halogens is 2. The molecule has 0 saturated carbocycles. The molecule has 1 heterocycles. The second-order valence-electron chi connectivity index (χ2n) is 3.96.